The maximum atomic E-state index is 5.45. The van der Waals surface area contributed by atoms with Crippen molar-refractivity contribution in [3.8, 4) is 0 Å². The molecule has 3 heteroatoms. The van der Waals surface area contributed by atoms with Crippen LogP contribution in [-0.4, -0.2) is 18.2 Å². The van der Waals surface area contributed by atoms with E-state index in [-0.39, 0.29) is 5.41 Å². The highest BCUT2D eigenvalue weighted by Gasteiger charge is 2.45. The van der Waals surface area contributed by atoms with Gasteiger partial charge in [0.05, 0.1) is 6.20 Å². The molecule has 1 fully saturated rings. The summed E-state index contributed by atoms with van der Waals surface area (Å²) in [4.78, 5) is 0. The lowest BCUT2D eigenvalue weighted by Gasteiger charge is -2.45. The first-order chi connectivity index (χ1) is 7.19. The second kappa shape index (κ2) is 3.08. The molecule has 2 aliphatic rings. The van der Waals surface area contributed by atoms with Gasteiger partial charge in [-0.3, -0.25) is 0 Å². The topological polar surface area (TPSA) is 38.1 Å². The number of fused-ring (bicyclic) bond motifs is 2. The third-order valence-electron chi connectivity index (χ3n) is 4.25. The van der Waals surface area contributed by atoms with Gasteiger partial charge in [0.2, 0.25) is 0 Å². The molecule has 0 radical (unpaired) electrons. The first-order valence-corrected chi connectivity index (χ1v) is 5.84. The molecule has 3 rings (SSSR count). The molecule has 1 aromatic heterocycles. The summed E-state index contributed by atoms with van der Waals surface area (Å²) in [5.41, 5.74) is 1.49. The molecule has 0 spiro atoms. The van der Waals surface area contributed by atoms with Crippen LogP contribution in [0.5, 0.6) is 0 Å². The van der Waals surface area contributed by atoms with E-state index in [4.69, 9.17) is 4.52 Å². The van der Waals surface area contributed by atoms with Crippen molar-refractivity contribution in [1.29, 1.82) is 0 Å². The molecule has 0 amide bonds. The highest BCUT2D eigenvalue weighted by Crippen LogP contribution is 2.46. The van der Waals surface area contributed by atoms with Crippen molar-refractivity contribution in [2.45, 2.75) is 32.1 Å². The van der Waals surface area contributed by atoms with Crippen LogP contribution in [0.15, 0.2) is 10.7 Å². The monoisotopic (exact) mass is 206 g/mol. The molecule has 1 aliphatic heterocycles. The SMILES string of the molecule is CC1(C)c2oncc2CC2CNCCC21. The molecule has 3 nitrogen and oxygen atoms in total. The average molecular weight is 206 g/mol. The summed E-state index contributed by atoms with van der Waals surface area (Å²) in [5, 5.41) is 7.46. The number of hydrogen-bond acceptors (Lipinski definition) is 3. The first-order valence-electron chi connectivity index (χ1n) is 5.84. The van der Waals surface area contributed by atoms with Crippen molar-refractivity contribution in [1.82, 2.24) is 10.5 Å². The average Bonchev–Trinajstić information content (AvgIpc) is 2.67. The quantitative estimate of drug-likeness (QED) is 0.702. The van der Waals surface area contributed by atoms with Crippen molar-refractivity contribution < 1.29 is 4.52 Å². The van der Waals surface area contributed by atoms with Gasteiger partial charge >= 0.3 is 0 Å². The minimum atomic E-state index is 0.164. The van der Waals surface area contributed by atoms with E-state index in [1.807, 2.05) is 6.20 Å². The van der Waals surface area contributed by atoms with Crippen LogP contribution in [0.3, 0.4) is 0 Å². The Morgan fingerprint density at radius 2 is 2.40 bits per heavy atom. The number of piperidine rings is 1. The van der Waals surface area contributed by atoms with Crippen molar-refractivity contribution in [2.24, 2.45) is 11.8 Å². The third-order valence-corrected chi connectivity index (χ3v) is 4.25. The van der Waals surface area contributed by atoms with Gasteiger partial charge in [0, 0.05) is 11.0 Å². The number of aromatic nitrogens is 1. The zero-order chi connectivity index (χ0) is 10.5. The van der Waals surface area contributed by atoms with Gasteiger partial charge in [-0.25, -0.2) is 0 Å². The molecule has 1 aromatic rings. The van der Waals surface area contributed by atoms with Gasteiger partial charge in [-0.1, -0.05) is 19.0 Å². The molecule has 0 saturated carbocycles. The minimum Gasteiger partial charge on any atom is -0.361 e. The fraction of sp³-hybridized carbons (Fsp3) is 0.750. The molecule has 0 aromatic carbocycles. The Labute approximate surface area is 90.2 Å². The van der Waals surface area contributed by atoms with Crippen LogP contribution in [0.1, 0.15) is 31.6 Å². The van der Waals surface area contributed by atoms with Gasteiger partial charge in [0.1, 0.15) is 5.76 Å². The zero-order valence-electron chi connectivity index (χ0n) is 9.42. The summed E-state index contributed by atoms with van der Waals surface area (Å²) in [6.45, 7) is 6.91. The second-order valence-corrected chi connectivity index (χ2v) is 5.47. The van der Waals surface area contributed by atoms with E-state index in [2.05, 4.69) is 24.3 Å². The Hall–Kier alpha value is -0.830. The lowest BCUT2D eigenvalue weighted by atomic mass is 9.61. The second-order valence-electron chi connectivity index (χ2n) is 5.47. The molecule has 2 heterocycles. The maximum Gasteiger partial charge on any atom is 0.145 e. The molecule has 2 atom stereocenters. The van der Waals surface area contributed by atoms with Crippen LogP contribution in [0.25, 0.3) is 0 Å². The summed E-state index contributed by atoms with van der Waals surface area (Å²) in [7, 11) is 0. The Morgan fingerprint density at radius 1 is 1.53 bits per heavy atom. The van der Waals surface area contributed by atoms with E-state index < -0.39 is 0 Å². The molecule has 15 heavy (non-hydrogen) atoms. The van der Waals surface area contributed by atoms with E-state index >= 15 is 0 Å². The molecule has 2 unspecified atom stereocenters. The Bertz CT molecular complexity index is 369. The predicted octanol–water partition coefficient (Wildman–Crippen LogP) is 1.73. The molecule has 1 saturated heterocycles. The van der Waals surface area contributed by atoms with Crippen molar-refractivity contribution >= 4 is 0 Å². The fourth-order valence-electron chi connectivity index (χ4n) is 3.48. The van der Waals surface area contributed by atoms with Gasteiger partial charge < -0.3 is 9.84 Å². The van der Waals surface area contributed by atoms with Crippen molar-refractivity contribution in [3.63, 3.8) is 0 Å². The largest absolute Gasteiger partial charge is 0.361 e. The zero-order valence-corrected chi connectivity index (χ0v) is 9.42. The Morgan fingerprint density at radius 3 is 3.27 bits per heavy atom. The summed E-state index contributed by atoms with van der Waals surface area (Å²) in [6.07, 6.45) is 4.31. The van der Waals surface area contributed by atoms with E-state index in [0.29, 0.717) is 0 Å². The van der Waals surface area contributed by atoms with Crippen LogP contribution in [-0.2, 0) is 11.8 Å². The van der Waals surface area contributed by atoms with Crippen LogP contribution >= 0.6 is 0 Å². The lowest BCUT2D eigenvalue weighted by molar-refractivity contribution is 0.118. The summed E-state index contributed by atoms with van der Waals surface area (Å²) >= 11 is 0. The summed E-state index contributed by atoms with van der Waals surface area (Å²) < 4.78 is 5.45. The highest BCUT2D eigenvalue weighted by molar-refractivity contribution is 5.28. The number of hydrogen-bond donors (Lipinski definition) is 1. The standard InChI is InChI=1S/C12H18N2O/c1-12(2)10-3-4-13-6-8(10)5-9-7-14-15-11(9)12/h7-8,10,13H,3-6H2,1-2H3. The van der Waals surface area contributed by atoms with Gasteiger partial charge in [0.25, 0.3) is 0 Å². The van der Waals surface area contributed by atoms with Gasteiger partial charge in [-0.15, -0.1) is 0 Å². The fourth-order valence-corrected chi connectivity index (χ4v) is 3.48. The van der Waals surface area contributed by atoms with Crippen LogP contribution in [0, 0.1) is 11.8 Å². The van der Waals surface area contributed by atoms with E-state index in [0.717, 1.165) is 37.1 Å². The molecule has 0 bridgehead atoms. The lowest BCUT2D eigenvalue weighted by Crippen LogP contribution is -2.48. The maximum absolute atomic E-state index is 5.45. The number of nitrogens with one attached hydrogen (secondary N) is 1. The predicted molar refractivity (Wildman–Crippen MR) is 57.7 cm³/mol. The van der Waals surface area contributed by atoms with Crippen molar-refractivity contribution in [2.75, 3.05) is 13.1 Å². The smallest absolute Gasteiger partial charge is 0.145 e. The first kappa shape index (κ1) is 9.40. The molecular weight excluding hydrogens is 188 g/mol. The third kappa shape index (κ3) is 1.26. The number of rotatable bonds is 0. The van der Waals surface area contributed by atoms with Crippen LogP contribution in [0.4, 0.5) is 0 Å². The summed E-state index contributed by atoms with van der Waals surface area (Å²) in [6, 6.07) is 0. The number of nitrogens with zero attached hydrogens (tertiary/aromatic N) is 1. The molecular formula is C12H18N2O. The van der Waals surface area contributed by atoms with Gasteiger partial charge in [-0.05, 0) is 37.8 Å². The minimum absolute atomic E-state index is 0.164. The Kier molecular flexibility index (Phi) is 1.93. The van der Waals surface area contributed by atoms with Crippen molar-refractivity contribution in [3.05, 3.63) is 17.5 Å². The highest BCUT2D eigenvalue weighted by atomic mass is 16.5. The molecule has 1 aliphatic carbocycles. The molecule has 82 valence electrons. The normalized spacial score (nSPS) is 33.2. The van der Waals surface area contributed by atoms with Gasteiger partial charge in [-0.2, -0.15) is 0 Å². The van der Waals surface area contributed by atoms with Crippen LogP contribution < -0.4 is 5.32 Å². The van der Waals surface area contributed by atoms with E-state index in [1.165, 1.54) is 12.0 Å². The summed E-state index contributed by atoms with van der Waals surface area (Å²) in [5.74, 6) is 2.64. The molecule has 1 N–H and O–H groups in total. The van der Waals surface area contributed by atoms with Gasteiger partial charge in [0.15, 0.2) is 0 Å². The Balaban J connectivity index is 2.05. The van der Waals surface area contributed by atoms with Crippen LogP contribution in [0.2, 0.25) is 0 Å². The van der Waals surface area contributed by atoms with E-state index in [1.54, 1.807) is 0 Å². The van der Waals surface area contributed by atoms with E-state index in [9.17, 15) is 0 Å².